The first kappa shape index (κ1) is 26.7. The van der Waals surface area contributed by atoms with Crippen molar-refractivity contribution in [2.24, 2.45) is 0 Å². The van der Waals surface area contributed by atoms with Gasteiger partial charge >= 0.3 is 0 Å². The molecule has 0 aliphatic heterocycles. The van der Waals surface area contributed by atoms with Gasteiger partial charge in [0, 0.05) is 32.9 Å². The second-order valence-corrected chi connectivity index (χ2v) is 11.4. The van der Waals surface area contributed by atoms with Gasteiger partial charge in [-0.25, -0.2) is 0 Å². The molecule has 2 heterocycles. The van der Waals surface area contributed by atoms with E-state index in [-0.39, 0.29) is 0 Å². The fourth-order valence-corrected chi connectivity index (χ4v) is 6.74. The summed E-state index contributed by atoms with van der Waals surface area (Å²) in [4.78, 5) is 0. The Morgan fingerprint density at radius 3 is 1.78 bits per heavy atom. The minimum atomic E-state index is 0.986. The van der Waals surface area contributed by atoms with Crippen LogP contribution in [0.1, 0.15) is 12.5 Å². The van der Waals surface area contributed by atoms with Crippen molar-refractivity contribution in [2.75, 3.05) is 0 Å². The molecule has 0 spiro atoms. The summed E-state index contributed by atoms with van der Waals surface area (Å²) in [5, 5.41) is 5.05. The molecule has 2 heteroatoms. The van der Waals surface area contributed by atoms with Crippen LogP contribution in [-0.2, 0) is 0 Å². The van der Waals surface area contributed by atoms with E-state index in [2.05, 4.69) is 180 Å². The van der Waals surface area contributed by atoms with Crippen molar-refractivity contribution in [2.45, 2.75) is 6.92 Å². The summed E-state index contributed by atoms with van der Waals surface area (Å²) in [6.07, 6.45) is 6.49. The lowest BCUT2D eigenvalue weighted by Gasteiger charge is -2.11. The van der Waals surface area contributed by atoms with Crippen LogP contribution in [0.2, 0.25) is 0 Å². The van der Waals surface area contributed by atoms with E-state index in [4.69, 9.17) is 0 Å². The molecule has 0 fully saturated rings. The molecule has 214 valence electrons. The summed E-state index contributed by atoms with van der Waals surface area (Å²) < 4.78 is 4.80. The van der Waals surface area contributed by atoms with Crippen LogP contribution < -0.4 is 0 Å². The van der Waals surface area contributed by atoms with Crippen molar-refractivity contribution in [1.82, 2.24) is 9.13 Å². The summed E-state index contributed by atoms with van der Waals surface area (Å²) in [6, 6.07) is 52.0. The molecule has 8 aromatic rings. The number of nitrogens with zero attached hydrogens (tertiary/aromatic N) is 2. The molecule has 0 atom stereocenters. The lowest BCUT2D eigenvalue weighted by molar-refractivity contribution is 1.18. The number of rotatable bonds is 6. The number of benzene rings is 6. The van der Waals surface area contributed by atoms with E-state index >= 15 is 0 Å². The molecule has 0 amide bonds. The zero-order valence-electron chi connectivity index (χ0n) is 25.2. The first-order chi connectivity index (χ1) is 22.2. The molecule has 2 nitrogen and oxygen atoms in total. The molecule has 6 aromatic carbocycles. The Bertz CT molecular complexity index is 2420. The molecule has 0 N–H and O–H groups in total. The second-order valence-electron chi connectivity index (χ2n) is 11.4. The summed E-state index contributed by atoms with van der Waals surface area (Å²) in [5.41, 5.74) is 11.6. The Morgan fingerprint density at radius 2 is 1.07 bits per heavy atom. The molecule has 0 saturated carbocycles. The molecule has 0 bridgehead atoms. The lowest BCUT2D eigenvalue weighted by Crippen LogP contribution is -1.95. The molecular weight excluding hydrogens is 544 g/mol. The van der Waals surface area contributed by atoms with Crippen LogP contribution in [0.5, 0.6) is 0 Å². The van der Waals surface area contributed by atoms with Gasteiger partial charge < -0.3 is 9.13 Å². The number of fused-ring (bicyclic) bond motifs is 7. The molecule has 0 aliphatic rings. The standard InChI is InChI=1S/C43H32N2/c1-3-34(25-22-30(2)31-14-6-4-7-15-31)44-38-20-12-10-18-36(38)42-40(44)28-29-41-43(42)37-19-11-13-21-39(37)45(41)35-26-23-33(24-27-35)32-16-8-5-9-17-32/h3-29H,2H2,1H3/b25-22-,34-3+. The molecule has 0 aliphatic carbocycles. The number of hydrogen-bond acceptors (Lipinski definition) is 0. The highest BCUT2D eigenvalue weighted by Gasteiger charge is 2.20. The lowest BCUT2D eigenvalue weighted by atomic mass is 10.1. The predicted octanol–water partition coefficient (Wildman–Crippen LogP) is 11.7. The van der Waals surface area contributed by atoms with Gasteiger partial charge in [0.05, 0.1) is 22.1 Å². The van der Waals surface area contributed by atoms with Gasteiger partial charge in [0.1, 0.15) is 0 Å². The maximum Gasteiger partial charge on any atom is 0.0548 e. The minimum Gasteiger partial charge on any atom is -0.310 e. The highest BCUT2D eigenvalue weighted by atomic mass is 15.0. The summed E-state index contributed by atoms with van der Waals surface area (Å²) in [5.74, 6) is 0. The monoisotopic (exact) mass is 576 g/mol. The number of aromatic nitrogens is 2. The zero-order valence-corrected chi connectivity index (χ0v) is 25.2. The van der Waals surface area contributed by atoms with Crippen molar-refractivity contribution in [3.05, 3.63) is 176 Å². The molecule has 0 saturated heterocycles. The van der Waals surface area contributed by atoms with Crippen LogP contribution in [0.25, 0.3) is 71.7 Å². The van der Waals surface area contributed by atoms with Gasteiger partial charge in [0.2, 0.25) is 0 Å². The highest BCUT2D eigenvalue weighted by molar-refractivity contribution is 6.29. The van der Waals surface area contributed by atoms with Gasteiger partial charge in [-0.15, -0.1) is 0 Å². The quantitative estimate of drug-likeness (QED) is 0.174. The molecule has 0 radical (unpaired) electrons. The third-order valence-corrected chi connectivity index (χ3v) is 8.86. The van der Waals surface area contributed by atoms with Crippen molar-refractivity contribution >= 4 is 54.9 Å². The average molecular weight is 577 g/mol. The Hall–Kier alpha value is -5.86. The van der Waals surface area contributed by atoms with Crippen LogP contribution in [-0.4, -0.2) is 9.13 Å². The smallest absolute Gasteiger partial charge is 0.0548 e. The predicted molar refractivity (Wildman–Crippen MR) is 194 cm³/mol. The zero-order chi connectivity index (χ0) is 30.3. The fourth-order valence-electron chi connectivity index (χ4n) is 6.74. The fraction of sp³-hybridized carbons (Fsp3) is 0.0233. The first-order valence-electron chi connectivity index (χ1n) is 15.4. The maximum absolute atomic E-state index is 4.34. The van der Waals surface area contributed by atoms with Crippen LogP contribution >= 0.6 is 0 Å². The van der Waals surface area contributed by atoms with Gasteiger partial charge in [0.25, 0.3) is 0 Å². The summed E-state index contributed by atoms with van der Waals surface area (Å²) in [7, 11) is 0. The second kappa shape index (κ2) is 11.0. The first-order valence-corrected chi connectivity index (χ1v) is 15.4. The van der Waals surface area contributed by atoms with Crippen LogP contribution in [0, 0.1) is 0 Å². The van der Waals surface area contributed by atoms with E-state index in [0.717, 1.165) is 22.5 Å². The summed E-state index contributed by atoms with van der Waals surface area (Å²) in [6.45, 7) is 6.45. The van der Waals surface area contributed by atoms with E-state index in [1.807, 2.05) is 6.07 Å². The molecular formula is C43H32N2. The van der Waals surface area contributed by atoms with E-state index in [0.29, 0.717) is 0 Å². The van der Waals surface area contributed by atoms with Gasteiger partial charge in [-0.1, -0.05) is 128 Å². The number of para-hydroxylation sites is 2. The van der Waals surface area contributed by atoms with E-state index in [1.54, 1.807) is 0 Å². The van der Waals surface area contributed by atoms with Crippen LogP contribution in [0.4, 0.5) is 0 Å². The average Bonchev–Trinajstić information content (AvgIpc) is 3.62. The van der Waals surface area contributed by atoms with E-state index in [1.165, 1.54) is 54.7 Å². The summed E-state index contributed by atoms with van der Waals surface area (Å²) >= 11 is 0. The van der Waals surface area contributed by atoms with E-state index in [9.17, 15) is 0 Å². The number of allylic oxidation sites excluding steroid dienone is 5. The van der Waals surface area contributed by atoms with Gasteiger partial charge in [-0.3, -0.25) is 0 Å². The van der Waals surface area contributed by atoms with Gasteiger partial charge in [0.15, 0.2) is 0 Å². The Morgan fingerprint density at radius 1 is 0.511 bits per heavy atom. The Kier molecular flexibility index (Phi) is 6.54. The third-order valence-electron chi connectivity index (χ3n) is 8.86. The van der Waals surface area contributed by atoms with Crippen molar-refractivity contribution in [1.29, 1.82) is 0 Å². The van der Waals surface area contributed by atoms with Crippen molar-refractivity contribution in [3.8, 4) is 16.8 Å². The SMILES string of the molecule is C=C(/C=C\C(=C/C)n1c2ccccc2c2c3c4ccccc4n(-c4ccc(-c5ccccc5)cc4)c3ccc21)c1ccccc1. The van der Waals surface area contributed by atoms with E-state index < -0.39 is 0 Å². The van der Waals surface area contributed by atoms with Gasteiger partial charge in [-0.2, -0.15) is 0 Å². The molecule has 45 heavy (non-hydrogen) atoms. The van der Waals surface area contributed by atoms with Crippen LogP contribution in [0.15, 0.2) is 170 Å². The van der Waals surface area contributed by atoms with Crippen molar-refractivity contribution in [3.63, 3.8) is 0 Å². The normalized spacial score (nSPS) is 12.2. The van der Waals surface area contributed by atoms with Crippen molar-refractivity contribution < 1.29 is 0 Å². The third kappa shape index (κ3) is 4.42. The Labute approximate surface area is 263 Å². The molecule has 8 rings (SSSR count). The maximum atomic E-state index is 4.34. The largest absolute Gasteiger partial charge is 0.310 e. The topological polar surface area (TPSA) is 9.86 Å². The number of hydrogen-bond donors (Lipinski definition) is 0. The van der Waals surface area contributed by atoms with Gasteiger partial charge in [-0.05, 0) is 71.7 Å². The molecule has 2 aromatic heterocycles. The minimum absolute atomic E-state index is 0.986. The Balaban J connectivity index is 1.35. The highest BCUT2D eigenvalue weighted by Crippen LogP contribution is 2.42. The van der Waals surface area contributed by atoms with Crippen LogP contribution in [0.3, 0.4) is 0 Å². The molecule has 0 unspecified atom stereocenters.